The van der Waals surface area contributed by atoms with Crippen molar-refractivity contribution in [3.8, 4) is 17.2 Å². The minimum Gasteiger partial charge on any atom is -0.486 e. The second-order valence-electron chi connectivity index (χ2n) is 6.93. The van der Waals surface area contributed by atoms with Crippen LogP contribution in [-0.2, 0) is 0 Å². The summed E-state index contributed by atoms with van der Waals surface area (Å²) in [6, 6.07) is 14.7. The van der Waals surface area contributed by atoms with Crippen molar-refractivity contribution in [1.29, 1.82) is 0 Å². The molecule has 34 heavy (non-hydrogen) atoms. The van der Waals surface area contributed by atoms with Gasteiger partial charge in [0.2, 0.25) is 0 Å². The van der Waals surface area contributed by atoms with E-state index < -0.39 is 16.8 Å². The lowest BCUT2D eigenvalue weighted by Gasteiger charge is -2.18. The highest BCUT2D eigenvalue weighted by Gasteiger charge is 2.16. The first-order valence-corrected chi connectivity index (χ1v) is 10.7. The molecule has 0 spiro atoms. The molecule has 0 radical (unpaired) electrons. The third-order valence-corrected chi connectivity index (χ3v) is 5.16. The van der Waals surface area contributed by atoms with Crippen molar-refractivity contribution in [2.24, 2.45) is 5.10 Å². The van der Waals surface area contributed by atoms with E-state index in [9.17, 15) is 19.7 Å². The maximum Gasteiger partial charge on any atom is 0.343 e. The maximum atomic E-state index is 12.5. The van der Waals surface area contributed by atoms with Gasteiger partial charge in [-0.1, -0.05) is 15.9 Å². The molecule has 0 bridgehead atoms. The molecule has 0 saturated carbocycles. The Balaban J connectivity index is 1.46. The quantitative estimate of drug-likeness (QED) is 0.168. The lowest BCUT2D eigenvalue weighted by molar-refractivity contribution is -0.384. The number of carbonyl (C=O) groups is 2. The minimum atomic E-state index is -0.702. The number of rotatable bonds is 6. The number of ether oxygens (including phenoxy) is 3. The van der Waals surface area contributed by atoms with Crippen molar-refractivity contribution in [2.75, 3.05) is 13.2 Å². The van der Waals surface area contributed by atoms with Gasteiger partial charge in [-0.25, -0.2) is 10.2 Å². The van der Waals surface area contributed by atoms with Crippen molar-refractivity contribution >= 4 is 39.7 Å². The highest BCUT2D eigenvalue weighted by atomic mass is 79.9. The number of hydrogen-bond acceptors (Lipinski definition) is 8. The molecule has 11 heteroatoms. The van der Waals surface area contributed by atoms with E-state index in [-0.39, 0.29) is 17.0 Å². The highest BCUT2D eigenvalue weighted by molar-refractivity contribution is 9.10. The Kier molecular flexibility index (Phi) is 6.83. The van der Waals surface area contributed by atoms with E-state index >= 15 is 0 Å². The molecule has 1 heterocycles. The molecule has 3 aromatic carbocycles. The van der Waals surface area contributed by atoms with Crippen LogP contribution in [0.1, 0.15) is 26.3 Å². The zero-order chi connectivity index (χ0) is 24.1. The number of nitro groups is 1. The van der Waals surface area contributed by atoms with Crippen molar-refractivity contribution in [2.45, 2.75) is 0 Å². The number of nitro benzene ring substituents is 1. The molecule has 3 aromatic rings. The predicted octanol–water partition coefficient (Wildman–Crippen LogP) is 4.11. The van der Waals surface area contributed by atoms with Crippen LogP contribution in [0.4, 0.5) is 5.69 Å². The van der Waals surface area contributed by atoms with Gasteiger partial charge in [-0.05, 0) is 48.5 Å². The fourth-order valence-corrected chi connectivity index (χ4v) is 3.38. The summed E-state index contributed by atoms with van der Waals surface area (Å²) < 4.78 is 17.0. The lowest BCUT2D eigenvalue weighted by Crippen LogP contribution is -2.19. The van der Waals surface area contributed by atoms with E-state index in [4.69, 9.17) is 14.2 Å². The van der Waals surface area contributed by atoms with Crippen molar-refractivity contribution in [3.05, 3.63) is 91.9 Å². The van der Waals surface area contributed by atoms with Gasteiger partial charge >= 0.3 is 5.97 Å². The number of nitrogens with one attached hydrogen (secondary N) is 1. The second kappa shape index (κ2) is 10.1. The molecular formula is C23H16BrN3O7. The first kappa shape index (κ1) is 22.9. The van der Waals surface area contributed by atoms with Crippen LogP contribution in [0, 0.1) is 10.1 Å². The first-order chi connectivity index (χ1) is 16.4. The van der Waals surface area contributed by atoms with E-state index in [2.05, 4.69) is 26.5 Å². The average molecular weight is 526 g/mol. The predicted molar refractivity (Wildman–Crippen MR) is 125 cm³/mol. The van der Waals surface area contributed by atoms with Crippen LogP contribution in [0.5, 0.6) is 17.2 Å². The smallest absolute Gasteiger partial charge is 0.343 e. The normalized spacial score (nSPS) is 12.3. The third-order valence-electron chi connectivity index (χ3n) is 4.66. The molecule has 0 aliphatic carbocycles. The van der Waals surface area contributed by atoms with E-state index in [0.29, 0.717) is 40.3 Å². The van der Waals surface area contributed by atoms with Gasteiger partial charge in [0, 0.05) is 27.7 Å². The summed E-state index contributed by atoms with van der Waals surface area (Å²) in [5, 5.41) is 14.7. The number of benzene rings is 3. The number of esters is 1. The van der Waals surface area contributed by atoms with Gasteiger partial charge in [-0.15, -0.1) is 0 Å². The Morgan fingerprint density at radius 1 is 1.00 bits per heavy atom. The fourth-order valence-electron chi connectivity index (χ4n) is 3.00. The minimum absolute atomic E-state index is 0.137. The molecule has 4 rings (SSSR count). The Morgan fingerprint density at radius 3 is 2.44 bits per heavy atom. The largest absolute Gasteiger partial charge is 0.486 e. The molecule has 0 fully saturated rings. The van der Waals surface area contributed by atoms with Gasteiger partial charge in [0.05, 0.1) is 16.7 Å². The first-order valence-electron chi connectivity index (χ1n) is 9.90. The van der Waals surface area contributed by atoms with Gasteiger partial charge in [0.25, 0.3) is 11.6 Å². The SMILES string of the molecule is O=C(N/N=C/c1cc(Br)ccc1OC(=O)c1ccc([N+](=O)[O-])cc1)c1ccc2c(c1)OCCO2. The van der Waals surface area contributed by atoms with Crippen molar-refractivity contribution in [1.82, 2.24) is 5.43 Å². The van der Waals surface area contributed by atoms with E-state index in [1.807, 2.05) is 0 Å². The molecule has 1 aliphatic rings. The van der Waals surface area contributed by atoms with Crippen molar-refractivity contribution < 1.29 is 28.7 Å². The number of hydrazone groups is 1. The van der Waals surface area contributed by atoms with E-state index in [1.54, 1.807) is 36.4 Å². The summed E-state index contributed by atoms with van der Waals surface area (Å²) in [6.45, 7) is 0.854. The maximum absolute atomic E-state index is 12.5. The van der Waals surface area contributed by atoms with Crippen molar-refractivity contribution in [3.63, 3.8) is 0 Å². The molecule has 0 atom stereocenters. The van der Waals surface area contributed by atoms with Gasteiger partial charge in [-0.3, -0.25) is 14.9 Å². The van der Waals surface area contributed by atoms with Crippen LogP contribution in [0.15, 0.2) is 70.2 Å². The number of halogens is 1. The number of hydrogen-bond donors (Lipinski definition) is 1. The molecule has 1 amide bonds. The molecule has 0 saturated heterocycles. The van der Waals surface area contributed by atoms with Crippen LogP contribution in [0.2, 0.25) is 0 Å². The van der Waals surface area contributed by atoms with Gasteiger partial charge in [0.15, 0.2) is 11.5 Å². The number of fused-ring (bicyclic) bond motifs is 1. The summed E-state index contributed by atoms with van der Waals surface area (Å²) in [4.78, 5) is 35.1. The van der Waals surface area contributed by atoms with Crippen LogP contribution in [-0.4, -0.2) is 36.2 Å². The summed E-state index contributed by atoms with van der Waals surface area (Å²) in [5.74, 6) is 0.0685. The Morgan fingerprint density at radius 2 is 1.71 bits per heavy atom. The topological polar surface area (TPSA) is 129 Å². The van der Waals surface area contributed by atoms with E-state index in [0.717, 1.165) is 0 Å². The second-order valence-corrected chi connectivity index (χ2v) is 7.85. The standard InChI is InChI=1S/C23H16BrN3O7/c24-17-4-8-19(34-23(29)14-1-5-18(6-2-14)27(30)31)16(11-17)13-25-26-22(28)15-3-7-20-21(12-15)33-10-9-32-20/h1-8,11-13H,9-10H2,(H,26,28)/b25-13+. The lowest BCUT2D eigenvalue weighted by atomic mass is 10.2. The van der Waals surface area contributed by atoms with Crippen LogP contribution < -0.4 is 19.6 Å². The summed E-state index contributed by atoms with van der Waals surface area (Å²) in [7, 11) is 0. The van der Waals surface area contributed by atoms with Gasteiger partial charge < -0.3 is 14.2 Å². The van der Waals surface area contributed by atoms with Gasteiger partial charge in [-0.2, -0.15) is 5.10 Å². The highest BCUT2D eigenvalue weighted by Crippen LogP contribution is 2.30. The third kappa shape index (κ3) is 5.38. The summed E-state index contributed by atoms with van der Waals surface area (Å²) >= 11 is 3.34. The Bertz CT molecular complexity index is 1290. The Hall–Kier alpha value is -4.25. The van der Waals surface area contributed by atoms with Crippen LogP contribution in [0.3, 0.4) is 0 Å². The molecule has 10 nitrogen and oxygen atoms in total. The molecular weight excluding hydrogens is 510 g/mol. The average Bonchev–Trinajstić information content (AvgIpc) is 2.85. The molecule has 0 unspecified atom stereocenters. The summed E-state index contributed by atoms with van der Waals surface area (Å²) in [5.41, 5.74) is 3.17. The Labute approximate surface area is 201 Å². The molecule has 1 aliphatic heterocycles. The molecule has 0 aromatic heterocycles. The summed E-state index contributed by atoms with van der Waals surface area (Å²) in [6.07, 6.45) is 1.33. The number of non-ortho nitro benzene ring substituents is 1. The monoisotopic (exact) mass is 525 g/mol. The fraction of sp³-hybridized carbons (Fsp3) is 0.0870. The van der Waals surface area contributed by atoms with Crippen LogP contribution in [0.25, 0.3) is 0 Å². The van der Waals surface area contributed by atoms with E-state index in [1.165, 1.54) is 30.5 Å². The number of amides is 1. The zero-order valence-electron chi connectivity index (χ0n) is 17.4. The zero-order valence-corrected chi connectivity index (χ0v) is 19.0. The van der Waals surface area contributed by atoms with Gasteiger partial charge in [0.1, 0.15) is 19.0 Å². The molecule has 172 valence electrons. The van der Waals surface area contributed by atoms with Crippen LogP contribution >= 0.6 is 15.9 Å². The molecule has 1 N–H and O–H groups in total. The number of nitrogens with zero attached hydrogens (tertiary/aromatic N) is 2. The number of carbonyl (C=O) groups excluding carboxylic acids is 2.